The van der Waals surface area contributed by atoms with Gasteiger partial charge in [-0.3, -0.25) is 23.9 Å². The molecular formula is C14H16N4O6S. The average molecular weight is 368 g/mol. The van der Waals surface area contributed by atoms with Crippen LogP contribution in [0.5, 0.6) is 0 Å². The summed E-state index contributed by atoms with van der Waals surface area (Å²) in [5, 5.41) is 9.37. The van der Waals surface area contributed by atoms with Crippen molar-refractivity contribution < 1.29 is 19.4 Å². The molecule has 0 amide bonds. The number of hydrogen-bond acceptors (Lipinski definition) is 9. The van der Waals surface area contributed by atoms with Gasteiger partial charge in [-0.05, 0) is 12.5 Å². The summed E-state index contributed by atoms with van der Waals surface area (Å²) in [6, 6.07) is 0. The van der Waals surface area contributed by atoms with Crippen molar-refractivity contribution in [1.82, 2.24) is 14.5 Å². The summed E-state index contributed by atoms with van der Waals surface area (Å²) in [6.45, 7) is 1.03. The molecule has 4 N–H and O–H groups in total. The van der Waals surface area contributed by atoms with Crippen LogP contribution < -0.4 is 16.2 Å². The zero-order valence-corrected chi connectivity index (χ0v) is 14.0. The Morgan fingerprint density at radius 3 is 3.04 bits per heavy atom. The molecule has 3 heterocycles. The predicted octanol–water partition coefficient (Wildman–Crippen LogP) is -0.299. The molecule has 0 bridgehead atoms. The maximum absolute atomic E-state index is 12.4. The van der Waals surface area contributed by atoms with E-state index in [9.17, 15) is 19.5 Å². The Bertz CT molecular complexity index is 945. The van der Waals surface area contributed by atoms with Gasteiger partial charge in [-0.25, -0.2) is 0 Å². The number of esters is 1. The molecule has 0 spiro atoms. The van der Waals surface area contributed by atoms with Crippen LogP contribution in [-0.4, -0.2) is 38.3 Å². The third kappa shape index (κ3) is 3.34. The number of H-pyrrole nitrogens is 1. The monoisotopic (exact) mass is 368 g/mol. The number of thiazole rings is 1. The highest BCUT2D eigenvalue weighted by atomic mass is 32.1. The van der Waals surface area contributed by atoms with Gasteiger partial charge in [0, 0.05) is 12.8 Å². The molecule has 0 saturated carbocycles. The molecule has 2 aromatic heterocycles. The molecule has 1 saturated heterocycles. The van der Waals surface area contributed by atoms with Gasteiger partial charge in [0.1, 0.15) is 10.9 Å². The van der Waals surface area contributed by atoms with Gasteiger partial charge in [-0.2, -0.15) is 4.98 Å². The van der Waals surface area contributed by atoms with Crippen molar-refractivity contribution >= 4 is 33.6 Å². The molecule has 2 aromatic rings. The Morgan fingerprint density at radius 2 is 2.36 bits per heavy atom. The first kappa shape index (κ1) is 17.3. The number of carbonyl (C=O) groups excluding carboxylic acids is 1. The summed E-state index contributed by atoms with van der Waals surface area (Å²) in [5.74, 6) is -0.966. The Kier molecular flexibility index (Phi) is 4.70. The molecule has 0 aromatic carbocycles. The number of aliphatic hydroxyl groups excluding tert-OH is 1. The smallest absolute Gasteiger partial charge is 0.311 e. The number of aliphatic hydroxyl groups is 1. The highest BCUT2D eigenvalue weighted by Gasteiger charge is 2.37. The van der Waals surface area contributed by atoms with Gasteiger partial charge in [0.15, 0.2) is 5.65 Å². The summed E-state index contributed by atoms with van der Waals surface area (Å²) in [7, 11) is 0. The van der Waals surface area contributed by atoms with Crippen LogP contribution in [0.2, 0.25) is 0 Å². The summed E-state index contributed by atoms with van der Waals surface area (Å²) < 4.78 is 11.9. The van der Waals surface area contributed by atoms with E-state index in [1.165, 1.54) is 17.8 Å². The molecule has 10 nitrogen and oxygen atoms in total. The van der Waals surface area contributed by atoms with Gasteiger partial charge in [-0.15, -0.1) is 0 Å². The number of aromatic amines is 1. The Balaban J connectivity index is 2.06. The quantitative estimate of drug-likeness (QED) is 0.492. The van der Waals surface area contributed by atoms with Crippen LogP contribution in [0.15, 0.2) is 21.9 Å². The number of nitrogens with zero attached hydrogens (tertiary/aromatic N) is 2. The average Bonchev–Trinajstić information content (AvgIpc) is 3.07. The Morgan fingerprint density at radius 1 is 1.60 bits per heavy atom. The second kappa shape index (κ2) is 6.78. The molecular weight excluding hydrogens is 352 g/mol. The van der Waals surface area contributed by atoms with E-state index in [4.69, 9.17) is 15.2 Å². The standard InChI is InChI=1S/C14H16N4O6S/c1-6(20)23-3-2-7-4-8(5-19)24-12(7)18-10-9(25-14(18)22)11(21)17-13(15)16-10/h2-3,7-8,12,19H,4-5H2,1H3,(H3,15,16,17,21)/b3-2+/t7-,8+,12-/m1/s1. The molecule has 0 unspecified atom stereocenters. The van der Waals surface area contributed by atoms with E-state index in [0.29, 0.717) is 6.42 Å². The number of ether oxygens (including phenoxy) is 2. The van der Waals surface area contributed by atoms with Gasteiger partial charge in [0.25, 0.3) is 5.56 Å². The number of fused-ring (bicyclic) bond motifs is 1. The number of nitrogens with one attached hydrogen (secondary N) is 1. The minimum Gasteiger partial charge on any atom is -0.435 e. The second-order valence-corrected chi connectivity index (χ2v) is 6.47. The number of nitrogen functional groups attached to an aromatic ring is 1. The molecule has 0 aliphatic carbocycles. The number of rotatable bonds is 4. The lowest BCUT2D eigenvalue weighted by Crippen LogP contribution is -2.25. The minimum absolute atomic E-state index is 0.116. The fourth-order valence-electron chi connectivity index (χ4n) is 2.72. The van der Waals surface area contributed by atoms with Gasteiger partial charge < -0.3 is 20.3 Å². The van der Waals surface area contributed by atoms with Gasteiger partial charge in [-0.1, -0.05) is 11.3 Å². The van der Waals surface area contributed by atoms with E-state index < -0.39 is 28.7 Å². The lowest BCUT2D eigenvalue weighted by atomic mass is 10.0. The summed E-state index contributed by atoms with van der Waals surface area (Å²) >= 11 is 0.734. The van der Waals surface area contributed by atoms with Gasteiger partial charge >= 0.3 is 10.8 Å². The largest absolute Gasteiger partial charge is 0.435 e. The summed E-state index contributed by atoms with van der Waals surface area (Å²) in [5.41, 5.74) is 5.18. The van der Waals surface area contributed by atoms with Crippen molar-refractivity contribution in [2.45, 2.75) is 25.7 Å². The van der Waals surface area contributed by atoms with E-state index in [-0.39, 0.29) is 28.8 Å². The summed E-state index contributed by atoms with van der Waals surface area (Å²) in [6.07, 6.45) is 1.89. The van der Waals surface area contributed by atoms with Crippen molar-refractivity contribution in [3.8, 4) is 0 Å². The van der Waals surface area contributed by atoms with Crippen LogP contribution in [0.25, 0.3) is 10.3 Å². The highest BCUT2D eigenvalue weighted by Crippen LogP contribution is 2.36. The van der Waals surface area contributed by atoms with Crippen molar-refractivity contribution in [2.75, 3.05) is 12.3 Å². The van der Waals surface area contributed by atoms with Crippen LogP contribution in [0.4, 0.5) is 5.95 Å². The van der Waals surface area contributed by atoms with Gasteiger partial charge in [0.05, 0.1) is 19.0 Å². The zero-order valence-electron chi connectivity index (χ0n) is 13.2. The number of anilines is 1. The van der Waals surface area contributed by atoms with Crippen molar-refractivity contribution in [3.05, 3.63) is 32.4 Å². The third-order valence-corrected chi connectivity index (χ3v) is 4.69. The lowest BCUT2D eigenvalue weighted by Gasteiger charge is -2.17. The SMILES string of the molecule is CC(=O)O/C=C/[C@@H]1C[C@@H](CO)O[C@H]1n1c(=O)sc2c(=O)[nH]c(N)nc21. The maximum atomic E-state index is 12.4. The van der Waals surface area contributed by atoms with Crippen molar-refractivity contribution in [2.24, 2.45) is 5.92 Å². The van der Waals surface area contributed by atoms with E-state index >= 15 is 0 Å². The molecule has 11 heteroatoms. The molecule has 1 fully saturated rings. The van der Waals surface area contributed by atoms with Crippen LogP contribution in [-0.2, 0) is 14.3 Å². The number of nitrogens with two attached hydrogens (primary N) is 1. The molecule has 3 rings (SSSR count). The Hall–Kier alpha value is -2.50. The van der Waals surface area contributed by atoms with E-state index in [2.05, 4.69) is 9.97 Å². The normalized spacial score (nSPS) is 23.5. The molecule has 134 valence electrons. The number of aromatic nitrogens is 3. The maximum Gasteiger partial charge on any atom is 0.311 e. The van der Waals surface area contributed by atoms with Crippen molar-refractivity contribution in [1.29, 1.82) is 0 Å². The van der Waals surface area contributed by atoms with Crippen LogP contribution in [0.1, 0.15) is 19.6 Å². The molecule has 25 heavy (non-hydrogen) atoms. The summed E-state index contributed by atoms with van der Waals surface area (Å²) in [4.78, 5) is 41.2. The molecule has 0 radical (unpaired) electrons. The first-order chi connectivity index (χ1) is 11.9. The topological polar surface area (TPSA) is 150 Å². The first-order valence-electron chi connectivity index (χ1n) is 7.41. The number of carbonyl (C=O) groups is 1. The van der Waals surface area contributed by atoms with E-state index in [0.717, 1.165) is 11.3 Å². The second-order valence-electron chi connectivity index (χ2n) is 5.51. The first-order valence-corrected chi connectivity index (χ1v) is 8.23. The predicted molar refractivity (Wildman–Crippen MR) is 88.9 cm³/mol. The lowest BCUT2D eigenvalue weighted by molar-refractivity contribution is -0.135. The molecule has 1 aliphatic rings. The number of hydrogen-bond donors (Lipinski definition) is 3. The molecule has 1 aliphatic heterocycles. The zero-order chi connectivity index (χ0) is 18.1. The fraction of sp³-hybridized carbons (Fsp3) is 0.429. The van der Waals surface area contributed by atoms with Crippen LogP contribution in [0, 0.1) is 5.92 Å². The van der Waals surface area contributed by atoms with Crippen LogP contribution in [0.3, 0.4) is 0 Å². The highest BCUT2D eigenvalue weighted by molar-refractivity contribution is 7.16. The third-order valence-electron chi connectivity index (χ3n) is 3.74. The van der Waals surface area contributed by atoms with E-state index in [1.807, 2.05) is 0 Å². The minimum atomic E-state index is -0.807. The Labute approximate surface area is 144 Å². The van der Waals surface area contributed by atoms with Crippen molar-refractivity contribution in [3.63, 3.8) is 0 Å². The molecule has 3 atom stereocenters. The van der Waals surface area contributed by atoms with Crippen LogP contribution >= 0.6 is 11.3 Å². The fourth-order valence-corrected chi connectivity index (χ4v) is 3.57. The van der Waals surface area contributed by atoms with E-state index in [1.54, 1.807) is 6.08 Å². The van der Waals surface area contributed by atoms with Gasteiger partial charge in [0.2, 0.25) is 5.95 Å².